The van der Waals surface area contributed by atoms with E-state index in [1.807, 2.05) is 24.3 Å². The summed E-state index contributed by atoms with van der Waals surface area (Å²) in [4.78, 5) is 15.2. The number of amides is 1. The van der Waals surface area contributed by atoms with Gasteiger partial charge in [0.05, 0.1) is 44.0 Å². The van der Waals surface area contributed by atoms with Crippen LogP contribution < -0.4 is 4.74 Å². The third-order valence-electron chi connectivity index (χ3n) is 7.68. The van der Waals surface area contributed by atoms with Crippen molar-refractivity contribution in [2.45, 2.75) is 116 Å². The average molecular weight is 584 g/mol. The van der Waals surface area contributed by atoms with Crippen LogP contribution in [0.5, 0.6) is 5.75 Å². The molecule has 1 aliphatic rings. The van der Waals surface area contributed by atoms with Crippen molar-refractivity contribution in [3.05, 3.63) is 29.8 Å². The zero-order valence-electron chi connectivity index (χ0n) is 24.6. The van der Waals surface area contributed by atoms with Gasteiger partial charge in [-0.15, -0.1) is 0 Å². The number of aliphatic hydroxyl groups is 1. The molecule has 1 aromatic carbocycles. The van der Waals surface area contributed by atoms with Gasteiger partial charge in [-0.3, -0.25) is 9.69 Å². The van der Waals surface area contributed by atoms with Gasteiger partial charge in [0, 0.05) is 12.2 Å². The summed E-state index contributed by atoms with van der Waals surface area (Å²) in [6, 6.07) is 10.8. The van der Waals surface area contributed by atoms with Gasteiger partial charge in [-0.1, -0.05) is 70.7 Å². The van der Waals surface area contributed by atoms with E-state index in [0.717, 1.165) is 41.6 Å². The minimum Gasteiger partial charge on any atom is -0.497 e. The number of carbonyl (C=O) groups excluding carboxylic acids is 1. The Bertz CT molecular complexity index is 883. The molecule has 1 heterocycles. The molecule has 0 radical (unpaired) electrons. The highest BCUT2D eigenvalue weighted by Gasteiger charge is 2.47. The van der Waals surface area contributed by atoms with Crippen LogP contribution in [0.15, 0.2) is 24.3 Å². The first-order chi connectivity index (χ1) is 17.9. The molecule has 6 nitrogen and oxygen atoms in total. The molecule has 1 amide bonds. The fraction of sp³-hybridized carbons (Fsp3) is 0.724. The number of thiocarbonyl (C=S) groups is 1. The largest absolute Gasteiger partial charge is 0.497 e. The van der Waals surface area contributed by atoms with Crippen LogP contribution in [0.3, 0.4) is 0 Å². The highest BCUT2D eigenvalue weighted by atomic mass is 32.2. The Morgan fingerprint density at radius 3 is 2.29 bits per heavy atom. The molecule has 0 bridgehead atoms. The van der Waals surface area contributed by atoms with Crippen LogP contribution in [0.1, 0.15) is 73.3 Å². The number of rotatable bonds is 16. The Hall–Kier alpha value is -0.973. The maximum absolute atomic E-state index is 13.5. The van der Waals surface area contributed by atoms with Crippen LogP contribution in [-0.2, 0) is 20.6 Å². The first-order valence-corrected chi connectivity index (χ1v) is 17.9. The number of carbonyl (C=O) groups is 1. The van der Waals surface area contributed by atoms with Gasteiger partial charge in [0.15, 0.2) is 8.32 Å². The van der Waals surface area contributed by atoms with Crippen molar-refractivity contribution in [1.82, 2.24) is 4.90 Å². The Kier molecular flexibility index (Phi) is 13.2. The van der Waals surface area contributed by atoms with Gasteiger partial charge in [-0.05, 0) is 62.0 Å². The summed E-state index contributed by atoms with van der Waals surface area (Å²) in [6.45, 7) is 15.6. The molecular formula is C29H49NO5S2Si. The van der Waals surface area contributed by atoms with Gasteiger partial charge < -0.3 is 19.0 Å². The van der Waals surface area contributed by atoms with E-state index in [1.54, 1.807) is 12.0 Å². The van der Waals surface area contributed by atoms with Crippen molar-refractivity contribution in [2.24, 2.45) is 5.92 Å². The molecule has 1 saturated heterocycles. The van der Waals surface area contributed by atoms with Gasteiger partial charge in [-0.25, -0.2) is 0 Å². The predicted molar refractivity (Wildman–Crippen MR) is 164 cm³/mol. The van der Waals surface area contributed by atoms with E-state index >= 15 is 0 Å². The van der Waals surface area contributed by atoms with E-state index in [1.165, 1.54) is 11.8 Å². The third-order valence-corrected chi connectivity index (χ3v) is 14.0. The van der Waals surface area contributed by atoms with E-state index in [9.17, 15) is 9.90 Å². The zero-order valence-corrected chi connectivity index (χ0v) is 27.3. The van der Waals surface area contributed by atoms with E-state index < -0.39 is 20.0 Å². The topological polar surface area (TPSA) is 68.2 Å². The lowest BCUT2D eigenvalue weighted by Gasteiger charge is -2.44. The summed E-state index contributed by atoms with van der Waals surface area (Å²) in [5.41, 5.74) is 0.532. The minimum atomic E-state index is -1.88. The Balaban J connectivity index is 2.05. The zero-order chi connectivity index (χ0) is 28.5. The van der Waals surface area contributed by atoms with E-state index in [4.69, 9.17) is 26.1 Å². The van der Waals surface area contributed by atoms with Crippen molar-refractivity contribution in [3.8, 4) is 5.75 Å². The van der Waals surface area contributed by atoms with Crippen molar-refractivity contribution in [3.63, 3.8) is 0 Å². The molecule has 3 atom stereocenters. The molecular weight excluding hydrogens is 535 g/mol. The lowest BCUT2D eigenvalue weighted by Crippen LogP contribution is -2.57. The molecule has 0 saturated carbocycles. The molecule has 0 spiro atoms. The number of nitrogens with zero attached hydrogens (tertiary/aromatic N) is 1. The third kappa shape index (κ3) is 9.30. The highest BCUT2D eigenvalue weighted by Crippen LogP contribution is 2.38. The Morgan fingerprint density at radius 1 is 1.16 bits per heavy atom. The van der Waals surface area contributed by atoms with E-state index in [2.05, 4.69) is 48.5 Å². The average Bonchev–Trinajstić information content (AvgIpc) is 3.28. The second-order valence-electron chi connectivity index (χ2n) is 11.3. The van der Waals surface area contributed by atoms with Crippen LogP contribution in [0, 0.1) is 5.92 Å². The molecule has 0 aliphatic carbocycles. The molecule has 1 fully saturated rings. The van der Waals surface area contributed by atoms with Gasteiger partial charge in [-0.2, -0.15) is 0 Å². The number of hydrogen-bond acceptors (Lipinski definition) is 7. The lowest BCUT2D eigenvalue weighted by atomic mass is 9.97. The van der Waals surface area contributed by atoms with Crippen molar-refractivity contribution in [1.29, 1.82) is 0 Å². The molecule has 9 heteroatoms. The molecule has 0 aromatic heterocycles. The second kappa shape index (κ2) is 15.1. The summed E-state index contributed by atoms with van der Waals surface area (Å²) >= 11 is 7.14. The highest BCUT2D eigenvalue weighted by molar-refractivity contribution is 8.23. The smallest absolute Gasteiger partial charge is 0.231 e. The van der Waals surface area contributed by atoms with Gasteiger partial charge >= 0.3 is 0 Å². The number of hydrogen-bond donors (Lipinski definition) is 1. The monoisotopic (exact) mass is 583 g/mol. The lowest BCUT2D eigenvalue weighted by molar-refractivity contribution is -0.134. The van der Waals surface area contributed by atoms with Gasteiger partial charge in [0.1, 0.15) is 10.1 Å². The van der Waals surface area contributed by atoms with Crippen LogP contribution >= 0.6 is 24.0 Å². The van der Waals surface area contributed by atoms with Gasteiger partial charge in [0.2, 0.25) is 5.91 Å². The second-order valence-corrected chi connectivity index (χ2v) is 17.7. The number of benzene rings is 1. The molecule has 2 rings (SSSR count). The first kappa shape index (κ1) is 33.2. The summed E-state index contributed by atoms with van der Waals surface area (Å²) in [6.07, 6.45) is 0.263. The normalized spacial score (nSPS) is 18.2. The summed E-state index contributed by atoms with van der Waals surface area (Å²) in [5.74, 6) is 1.79. The first-order valence-electron chi connectivity index (χ1n) is 14.0. The van der Waals surface area contributed by atoms with Crippen LogP contribution in [0.4, 0.5) is 0 Å². The fourth-order valence-corrected chi connectivity index (χ4v) is 10.0. The standard InChI is InChI=1S/C29H49NO5S2Si/c1-9-38(10-2,11-3)35-29(6,7)26-20-37-28(36)30(26)27(32)18-23(31)17-25(16-21(4)5)34-19-22-12-14-24(33-8)15-13-22/h12-15,21,23,25-26,31H,9-11,16-20H2,1-8H3/t23-,25+,26-/m0/s1. The maximum atomic E-state index is 13.5. The van der Waals surface area contributed by atoms with Crippen molar-refractivity contribution in [2.75, 3.05) is 12.9 Å². The number of thioether (sulfide) groups is 1. The maximum Gasteiger partial charge on any atom is 0.231 e. The van der Waals surface area contributed by atoms with Crippen molar-refractivity contribution >= 4 is 42.5 Å². The minimum absolute atomic E-state index is 0.0195. The summed E-state index contributed by atoms with van der Waals surface area (Å²) in [5, 5.41) is 11.0. The van der Waals surface area contributed by atoms with E-state index in [0.29, 0.717) is 23.3 Å². The number of methoxy groups -OCH3 is 1. The Morgan fingerprint density at radius 2 is 1.76 bits per heavy atom. The van der Waals surface area contributed by atoms with Crippen molar-refractivity contribution < 1.29 is 23.8 Å². The fourth-order valence-electron chi connectivity index (χ4n) is 5.18. The molecule has 1 aromatic rings. The van der Waals surface area contributed by atoms with Crippen LogP contribution in [-0.4, -0.2) is 65.3 Å². The van der Waals surface area contributed by atoms with E-state index in [-0.39, 0.29) is 24.5 Å². The molecule has 1 aliphatic heterocycles. The van der Waals surface area contributed by atoms with Gasteiger partial charge in [0.25, 0.3) is 0 Å². The van der Waals surface area contributed by atoms with Crippen LogP contribution in [0.25, 0.3) is 0 Å². The molecule has 216 valence electrons. The number of ether oxygens (including phenoxy) is 2. The molecule has 38 heavy (non-hydrogen) atoms. The van der Waals surface area contributed by atoms with Crippen LogP contribution in [0.2, 0.25) is 18.1 Å². The Labute approximate surface area is 241 Å². The molecule has 1 N–H and O–H groups in total. The quantitative estimate of drug-likeness (QED) is 0.170. The molecule has 0 unspecified atom stereocenters. The summed E-state index contributed by atoms with van der Waals surface area (Å²) < 4.78 is 18.9. The number of aliphatic hydroxyl groups excluding tert-OH is 1. The summed E-state index contributed by atoms with van der Waals surface area (Å²) in [7, 11) is -0.236. The SMILES string of the molecule is CC[Si](CC)(CC)OC(C)(C)[C@@H]1CSC(=S)N1C(=O)C[C@@H](O)C[C@@H](CC(C)C)OCc1ccc(OC)cc1. The predicted octanol–water partition coefficient (Wildman–Crippen LogP) is 6.80.